The number of aryl methyl sites for hydroxylation is 1. The first-order valence-corrected chi connectivity index (χ1v) is 6.48. The number of carbonyl (C=O) groups excluding carboxylic acids is 1. The summed E-state index contributed by atoms with van der Waals surface area (Å²) >= 11 is 0. The molecule has 2 N–H and O–H groups in total. The van der Waals surface area contributed by atoms with Crippen LogP contribution in [0.3, 0.4) is 0 Å². The predicted octanol–water partition coefficient (Wildman–Crippen LogP) is 2.32. The Labute approximate surface area is 118 Å². The number of anilines is 1. The molecule has 2 aromatic rings. The highest BCUT2D eigenvalue weighted by molar-refractivity contribution is 5.95. The minimum absolute atomic E-state index is 0.134. The number of pyridine rings is 2. The highest BCUT2D eigenvalue weighted by Crippen LogP contribution is 2.13. The number of rotatable bonds is 4. The molecule has 1 amide bonds. The molecule has 0 aromatic carbocycles. The summed E-state index contributed by atoms with van der Waals surface area (Å²) in [6, 6.07) is 9.00. The number of aromatic nitrogens is 2. The molecule has 0 aliphatic carbocycles. The molecule has 0 bridgehead atoms. The molecule has 0 saturated heterocycles. The molecule has 2 rings (SSSR count). The lowest BCUT2D eigenvalue weighted by atomic mass is 10.1. The molecular formula is C15H18N4O. The van der Waals surface area contributed by atoms with Crippen molar-refractivity contribution in [3.8, 4) is 0 Å². The first-order valence-electron chi connectivity index (χ1n) is 6.48. The Morgan fingerprint density at radius 2 is 2.10 bits per heavy atom. The monoisotopic (exact) mass is 270 g/mol. The summed E-state index contributed by atoms with van der Waals surface area (Å²) in [5.41, 5.74) is 2.22. The van der Waals surface area contributed by atoms with Crippen molar-refractivity contribution < 1.29 is 4.79 Å². The molecule has 0 spiro atoms. The van der Waals surface area contributed by atoms with Gasteiger partial charge in [-0.2, -0.15) is 0 Å². The topological polar surface area (TPSA) is 66.9 Å². The van der Waals surface area contributed by atoms with Gasteiger partial charge in [0.15, 0.2) is 0 Å². The standard InChI is InChI=1S/C15H18N4O/c1-10-8-12(9-14(16-3)18-10)15(20)19-11(2)13-6-4-5-7-17-13/h4-9,11H,1-3H3,(H,16,18)(H,19,20). The molecule has 2 heterocycles. The Morgan fingerprint density at radius 1 is 1.30 bits per heavy atom. The smallest absolute Gasteiger partial charge is 0.252 e. The van der Waals surface area contributed by atoms with E-state index in [1.807, 2.05) is 32.0 Å². The van der Waals surface area contributed by atoms with Crippen LogP contribution >= 0.6 is 0 Å². The van der Waals surface area contributed by atoms with Crippen LogP contribution in [0.4, 0.5) is 5.82 Å². The molecule has 0 fully saturated rings. The number of nitrogens with zero attached hydrogens (tertiary/aromatic N) is 2. The van der Waals surface area contributed by atoms with Gasteiger partial charge < -0.3 is 10.6 Å². The summed E-state index contributed by atoms with van der Waals surface area (Å²) in [7, 11) is 1.78. The van der Waals surface area contributed by atoms with Crippen LogP contribution in [-0.4, -0.2) is 22.9 Å². The third-order valence-corrected chi connectivity index (χ3v) is 2.95. The molecule has 2 aromatic heterocycles. The van der Waals surface area contributed by atoms with E-state index in [9.17, 15) is 4.79 Å². The Balaban J connectivity index is 2.14. The van der Waals surface area contributed by atoms with Crippen LogP contribution in [0.1, 0.15) is 34.7 Å². The lowest BCUT2D eigenvalue weighted by molar-refractivity contribution is 0.0939. The number of amides is 1. The zero-order valence-electron chi connectivity index (χ0n) is 11.8. The number of carbonyl (C=O) groups is 1. The number of nitrogens with one attached hydrogen (secondary N) is 2. The molecule has 5 nitrogen and oxygen atoms in total. The van der Waals surface area contributed by atoms with E-state index in [-0.39, 0.29) is 11.9 Å². The third kappa shape index (κ3) is 3.32. The van der Waals surface area contributed by atoms with Crippen molar-refractivity contribution in [2.75, 3.05) is 12.4 Å². The fourth-order valence-corrected chi connectivity index (χ4v) is 1.91. The zero-order valence-corrected chi connectivity index (χ0v) is 11.8. The molecule has 0 saturated carbocycles. The molecule has 0 radical (unpaired) electrons. The largest absolute Gasteiger partial charge is 0.373 e. The van der Waals surface area contributed by atoms with E-state index < -0.39 is 0 Å². The normalized spacial score (nSPS) is 11.8. The highest BCUT2D eigenvalue weighted by atomic mass is 16.1. The van der Waals surface area contributed by atoms with E-state index in [1.165, 1.54) is 0 Å². The van der Waals surface area contributed by atoms with Gasteiger partial charge in [0.1, 0.15) is 5.82 Å². The first-order chi connectivity index (χ1) is 9.60. The van der Waals surface area contributed by atoms with E-state index in [4.69, 9.17) is 0 Å². The summed E-state index contributed by atoms with van der Waals surface area (Å²) in [6.07, 6.45) is 1.72. The molecule has 0 aliphatic rings. The summed E-state index contributed by atoms with van der Waals surface area (Å²) in [4.78, 5) is 20.8. The van der Waals surface area contributed by atoms with Gasteiger partial charge in [-0.05, 0) is 38.1 Å². The van der Waals surface area contributed by atoms with Gasteiger partial charge in [0.2, 0.25) is 0 Å². The molecule has 20 heavy (non-hydrogen) atoms. The molecule has 5 heteroatoms. The van der Waals surface area contributed by atoms with Crippen molar-refractivity contribution in [2.24, 2.45) is 0 Å². The van der Waals surface area contributed by atoms with Crippen LogP contribution in [0, 0.1) is 6.92 Å². The van der Waals surface area contributed by atoms with Gasteiger partial charge in [0, 0.05) is 24.5 Å². The maximum Gasteiger partial charge on any atom is 0.252 e. The van der Waals surface area contributed by atoms with E-state index in [2.05, 4.69) is 20.6 Å². The van der Waals surface area contributed by atoms with E-state index >= 15 is 0 Å². The predicted molar refractivity (Wildman–Crippen MR) is 78.6 cm³/mol. The van der Waals surface area contributed by atoms with Crippen molar-refractivity contribution in [3.63, 3.8) is 0 Å². The number of hydrogen-bond donors (Lipinski definition) is 2. The molecule has 0 aliphatic heterocycles. The van der Waals surface area contributed by atoms with Crippen molar-refractivity contribution in [1.29, 1.82) is 0 Å². The first kappa shape index (κ1) is 14.0. The molecule has 104 valence electrons. The van der Waals surface area contributed by atoms with Gasteiger partial charge in [0.05, 0.1) is 11.7 Å². The molecule has 1 unspecified atom stereocenters. The van der Waals surface area contributed by atoms with Crippen LogP contribution < -0.4 is 10.6 Å². The quantitative estimate of drug-likeness (QED) is 0.894. The Kier molecular flexibility index (Phi) is 4.30. The average Bonchev–Trinajstić information content (AvgIpc) is 2.47. The van der Waals surface area contributed by atoms with Crippen LogP contribution in [0.15, 0.2) is 36.5 Å². The SMILES string of the molecule is CNc1cc(C(=O)NC(C)c2ccccn2)cc(C)n1. The molecular weight excluding hydrogens is 252 g/mol. The van der Waals surface area contributed by atoms with Gasteiger partial charge in [0.25, 0.3) is 5.91 Å². The zero-order chi connectivity index (χ0) is 14.5. The second kappa shape index (κ2) is 6.14. The lowest BCUT2D eigenvalue weighted by Crippen LogP contribution is -2.27. The van der Waals surface area contributed by atoms with Gasteiger partial charge in [-0.3, -0.25) is 9.78 Å². The van der Waals surface area contributed by atoms with Gasteiger partial charge in [-0.1, -0.05) is 6.07 Å². The summed E-state index contributed by atoms with van der Waals surface area (Å²) in [5, 5.41) is 5.88. The van der Waals surface area contributed by atoms with Crippen molar-refractivity contribution in [1.82, 2.24) is 15.3 Å². The molecule has 1 atom stereocenters. The van der Waals surface area contributed by atoms with E-state index in [0.29, 0.717) is 11.4 Å². The second-order valence-electron chi connectivity index (χ2n) is 4.58. The number of hydrogen-bond acceptors (Lipinski definition) is 4. The van der Waals surface area contributed by atoms with Crippen molar-refractivity contribution in [3.05, 3.63) is 53.5 Å². The maximum absolute atomic E-state index is 12.3. The minimum Gasteiger partial charge on any atom is -0.373 e. The van der Waals surface area contributed by atoms with Crippen molar-refractivity contribution >= 4 is 11.7 Å². The van der Waals surface area contributed by atoms with Gasteiger partial charge >= 0.3 is 0 Å². The highest BCUT2D eigenvalue weighted by Gasteiger charge is 2.13. The average molecular weight is 270 g/mol. The van der Waals surface area contributed by atoms with Crippen LogP contribution in [0.2, 0.25) is 0 Å². The minimum atomic E-state index is -0.143. The Hall–Kier alpha value is -2.43. The van der Waals surface area contributed by atoms with Gasteiger partial charge in [-0.15, -0.1) is 0 Å². The summed E-state index contributed by atoms with van der Waals surface area (Å²) in [5.74, 6) is 0.547. The fourth-order valence-electron chi connectivity index (χ4n) is 1.91. The van der Waals surface area contributed by atoms with Crippen LogP contribution in [0.5, 0.6) is 0 Å². The van der Waals surface area contributed by atoms with Crippen LogP contribution in [-0.2, 0) is 0 Å². The summed E-state index contributed by atoms with van der Waals surface area (Å²) in [6.45, 7) is 3.77. The van der Waals surface area contributed by atoms with E-state index in [1.54, 1.807) is 25.4 Å². The lowest BCUT2D eigenvalue weighted by Gasteiger charge is -2.14. The second-order valence-corrected chi connectivity index (χ2v) is 4.58. The Bertz CT molecular complexity index is 598. The fraction of sp³-hybridized carbons (Fsp3) is 0.267. The van der Waals surface area contributed by atoms with Crippen LogP contribution in [0.25, 0.3) is 0 Å². The Morgan fingerprint density at radius 3 is 2.75 bits per heavy atom. The third-order valence-electron chi connectivity index (χ3n) is 2.95. The van der Waals surface area contributed by atoms with E-state index in [0.717, 1.165) is 11.4 Å². The summed E-state index contributed by atoms with van der Waals surface area (Å²) < 4.78 is 0. The maximum atomic E-state index is 12.3. The van der Waals surface area contributed by atoms with Crippen molar-refractivity contribution in [2.45, 2.75) is 19.9 Å². The van der Waals surface area contributed by atoms with Gasteiger partial charge in [-0.25, -0.2) is 4.98 Å².